The molecule has 0 bridgehead atoms. The summed E-state index contributed by atoms with van der Waals surface area (Å²) in [4.78, 5) is -0.0116. The van der Waals surface area contributed by atoms with E-state index >= 15 is 0 Å². The fourth-order valence-corrected chi connectivity index (χ4v) is 2.43. The lowest BCUT2D eigenvalue weighted by Crippen LogP contribution is -2.12. The van der Waals surface area contributed by atoms with E-state index in [1.165, 1.54) is 12.1 Å². The third kappa shape index (κ3) is 2.91. The van der Waals surface area contributed by atoms with Gasteiger partial charge in [-0.25, -0.2) is 13.6 Å². The van der Waals surface area contributed by atoms with E-state index in [1.807, 2.05) is 20.2 Å². The van der Waals surface area contributed by atoms with Gasteiger partial charge < -0.3 is 11.1 Å². The molecule has 20 heavy (non-hydrogen) atoms. The molecule has 0 aliphatic rings. The van der Waals surface area contributed by atoms with Gasteiger partial charge in [0.25, 0.3) is 0 Å². The van der Waals surface area contributed by atoms with Gasteiger partial charge in [-0.15, -0.1) is 0 Å². The molecule has 0 saturated carbocycles. The molecule has 7 nitrogen and oxygen atoms in total. The highest BCUT2D eigenvalue weighted by Gasteiger charge is 2.12. The van der Waals surface area contributed by atoms with Crippen LogP contribution in [-0.4, -0.2) is 18.2 Å². The zero-order valence-electron chi connectivity index (χ0n) is 11.3. The Balaban J connectivity index is 2.35. The highest BCUT2D eigenvalue weighted by Crippen LogP contribution is 2.27. The van der Waals surface area contributed by atoms with Gasteiger partial charge in [0.2, 0.25) is 10.0 Å². The Bertz CT molecular complexity index is 736. The molecule has 2 rings (SSSR count). The topological polar surface area (TPSA) is 116 Å². The van der Waals surface area contributed by atoms with Crippen LogP contribution < -0.4 is 16.2 Å². The number of benzene rings is 1. The summed E-state index contributed by atoms with van der Waals surface area (Å²) in [6.07, 6.45) is 2.62. The second-order valence-corrected chi connectivity index (χ2v) is 6.00. The molecule has 1 aromatic carbocycles. The van der Waals surface area contributed by atoms with Crippen molar-refractivity contribution in [2.24, 2.45) is 12.2 Å². The zero-order valence-corrected chi connectivity index (χ0v) is 12.1. The minimum absolute atomic E-state index is 0.0116. The zero-order chi connectivity index (χ0) is 14.9. The Morgan fingerprint density at radius 2 is 2.05 bits per heavy atom. The number of hydrogen-bond donors (Lipinski definition) is 3. The predicted octanol–water partition coefficient (Wildman–Crippen LogP) is 0.956. The number of primary sulfonamides is 1. The molecule has 108 valence electrons. The molecule has 0 unspecified atom stereocenters. The highest BCUT2D eigenvalue weighted by atomic mass is 32.2. The first-order valence-electron chi connectivity index (χ1n) is 6.03. The average molecular weight is 295 g/mol. The van der Waals surface area contributed by atoms with E-state index in [0.29, 0.717) is 11.4 Å². The molecule has 0 atom stereocenters. The number of aryl methyl sites for hydroxylation is 2. The van der Waals surface area contributed by atoms with Crippen molar-refractivity contribution in [2.45, 2.75) is 18.2 Å². The largest absolute Gasteiger partial charge is 0.397 e. The van der Waals surface area contributed by atoms with E-state index < -0.39 is 10.0 Å². The van der Waals surface area contributed by atoms with E-state index in [2.05, 4.69) is 10.4 Å². The second-order valence-electron chi connectivity index (χ2n) is 4.44. The van der Waals surface area contributed by atoms with Gasteiger partial charge in [-0.1, -0.05) is 6.92 Å². The minimum Gasteiger partial charge on any atom is -0.397 e. The van der Waals surface area contributed by atoms with E-state index in [4.69, 9.17) is 10.9 Å². The number of nitrogens with zero attached hydrogens (tertiary/aromatic N) is 2. The maximum Gasteiger partial charge on any atom is 0.238 e. The first-order valence-corrected chi connectivity index (χ1v) is 7.57. The van der Waals surface area contributed by atoms with Crippen molar-refractivity contribution in [2.75, 3.05) is 11.1 Å². The molecule has 1 heterocycles. The monoisotopic (exact) mass is 295 g/mol. The van der Waals surface area contributed by atoms with Gasteiger partial charge in [0.1, 0.15) is 0 Å². The fourth-order valence-electron chi connectivity index (χ4n) is 1.88. The van der Waals surface area contributed by atoms with Crippen molar-refractivity contribution < 1.29 is 8.42 Å². The van der Waals surface area contributed by atoms with Crippen molar-refractivity contribution in [3.63, 3.8) is 0 Å². The maximum atomic E-state index is 11.2. The summed E-state index contributed by atoms with van der Waals surface area (Å²) < 4.78 is 24.2. The van der Waals surface area contributed by atoms with Crippen molar-refractivity contribution >= 4 is 27.1 Å². The summed E-state index contributed by atoms with van der Waals surface area (Å²) in [6.45, 7) is 2.00. The summed E-state index contributed by atoms with van der Waals surface area (Å²) in [6, 6.07) is 4.33. The van der Waals surface area contributed by atoms with Crippen LogP contribution in [0.1, 0.15) is 12.6 Å². The lowest BCUT2D eigenvalue weighted by molar-refractivity contribution is 0.598. The van der Waals surface area contributed by atoms with E-state index in [1.54, 1.807) is 10.7 Å². The van der Waals surface area contributed by atoms with Gasteiger partial charge in [0.15, 0.2) is 0 Å². The number of hydrogen-bond acceptors (Lipinski definition) is 5. The molecule has 0 aliphatic heterocycles. The van der Waals surface area contributed by atoms with E-state index in [-0.39, 0.29) is 4.90 Å². The molecule has 0 fully saturated rings. The van der Waals surface area contributed by atoms with Crippen molar-refractivity contribution in [1.29, 1.82) is 0 Å². The van der Waals surface area contributed by atoms with Crippen LogP contribution in [0.3, 0.4) is 0 Å². The molecule has 1 aromatic heterocycles. The van der Waals surface area contributed by atoms with E-state index in [9.17, 15) is 8.42 Å². The number of rotatable bonds is 4. The number of anilines is 3. The average Bonchev–Trinajstić information content (AvgIpc) is 2.70. The molecule has 0 radical (unpaired) electrons. The number of nitrogen functional groups attached to an aromatic ring is 1. The fraction of sp³-hybridized carbons (Fsp3) is 0.250. The van der Waals surface area contributed by atoms with Crippen LogP contribution in [0.4, 0.5) is 17.1 Å². The van der Waals surface area contributed by atoms with Crippen LogP contribution in [-0.2, 0) is 23.5 Å². The van der Waals surface area contributed by atoms with Crippen molar-refractivity contribution in [1.82, 2.24) is 9.78 Å². The van der Waals surface area contributed by atoms with Gasteiger partial charge in [-0.3, -0.25) is 4.68 Å². The first-order chi connectivity index (χ1) is 9.31. The van der Waals surface area contributed by atoms with Crippen LogP contribution in [0.25, 0.3) is 0 Å². The van der Waals surface area contributed by atoms with Crippen molar-refractivity contribution in [3.05, 3.63) is 30.1 Å². The van der Waals surface area contributed by atoms with Gasteiger partial charge in [0, 0.05) is 13.2 Å². The normalized spacial score (nSPS) is 11.6. The quantitative estimate of drug-likeness (QED) is 0.726. The predicted molar refractivity (Wildman–Crippen MR) is 78.1 cm³/mol. The standard InChI is InChI=1S/C12H17N5O2S/c1-3-10-12(7-17(2)16-10)15-11-5-4-8(6-9(11)13)20(14,18)19/h4-7,15H,3,13H2,1-2H3,(H2,14,18,19). The minimum atomic E-state index is -3.75. The lowest BCUT2D eigenvalue weighted by atomic mass is 10.2. The lowest BCUT2D eigenvalue weighted by Gasteiger charge is -2.10. The van der Waals surface area contributed by atoms with Gasteiger partial charge in [-0.2, -0.15) is 5.10 Å². The highest BCUT2D eigenvalue weighted by molar-refractivity contribution is 7.89. The van der Waals surface area contributed by atoms with Gasteiger partial charge in [0.05, 0.1) is 27.7 Å². The summed E-state index contributed by atoms with van der Waals surface area (Å²) in [7, 11) is -1.92. The molecule has 0 spiro atoms. The third-order valence-corrected chi connectivity index (χ3v) is 3.77. The Morgan fingerprint density at radius 3 is 2.60 bits per heavy atom. The number of nitrogens with two attached hydrogens (primary N) is 2. The first kappa shape index (κ1) is 14.4. The molecule has 0 saturated heterocycles. The van der Waals surface area contributed by atoms with Gasteiger partial charge >= 0.3 is 0 Å². The smallest absolute Gasteiger partial charge is 0.238 e. The Labute approximate surface area is 117 Å². The summed E-state index contributed by atoms with van der Waals surface area (Å²) in [5.41, 5.74) is 8.52. The number of nitrogens with one attached hydrogen (secondary N) is 1. The summed E-state index contributed by atoms with van der Waals surface area (Å²) in [5.74, 6) is 0. The molecule has 0 aliphatic carbocycles. The molecule has 5 N–H and O–H groups in total. The molecule has 0 amide bonds. The Kier molecular flexibility index (Phi) is 3.69. The molecule has 8 heteroatoms. The summed E-state index contributed by atoms with van der Waals surface area (Å²) in [5, 5.41) is 12.5. The number of sulfonamides is 1. The van der Waals surface area contributed by atoms with Crippen LogP contribution in [0.15, 0.2) is 29.3 Å². The molecular formula is C12H17N5O2S. The second kappa shape index (κ2) is 5.14. The summed E-state index contributed by atoms with van der Waals surface area (Å²) >= 11 is 0. The van der Waals surface area contributed by atoms with Crippen LogP contribution >= 0.6 is 0 Å². The van der Waals surface area contributed by atoms with E-state index in [0.717, 1.165) is 17.8 Å². The van der Waals surface area contributed by atoms with Crippen LogP contribution in [0, 0.1) is 0 Å². The molecule has 2 aromatic rings. The SMILES string of the molecule is CCc1nn(C)cc1Nc1ccc(S(N)(=O)=O)cc1N. The van der Waals surface area contributed by atoms with Crippen molar-refractivity contribution in [3.8, 4) is 0 Å². The van der Waals surface area contributed by atoms with Crippen LogP contribution in [0.2, 0.25) is 0 Å². The Hall–Kier alpha value is -2.06. The third-order valence-electron chi connectivity index (χ3n) is 2.86. The molecular weight excluding hydrogens is 278 g/mol. The maximum absolute atomic E-state index is 11.2. The number of aromatic nitrogens is 2. The Morgan fingerprint density at radius 1 is 1.35 bits per heavy atom. The van der Waals surface area contributed by atoms with Crippen LogP contribution in [0.5, 0.6) is 0 Å². The van der Waals surface area contributed by atoms with Gasteiger partial charge in [-0.05, 0) is 24.6 Å².